The summed E-state index contributed by atoms with van der Waals surface area (Å²) in [6, 6.07) is 6.09. The molecule has 5 nitrogen and oxygen atoms in total. The van der Waals surface area contributed by atoms with E-state index in [-0.39, 0.29) is 6.03 Å². The second-order valence-corrected chi connectivity index (χ2v) is 6.50. The molecule has 1 N–H and O–H groups in total. The van der Waals surface area contributed by atoms with E-state index >= 15 is 0 Å². The maximum absolute atomic E-state index is 11.6. The number of benzene rings is 1. The molecule has 0 saturated heterocycles. The average Bonchev–Trinajstić information content (AvgIpc) is 2.76. The monoisotopic (exact) mass is 420 g/mol. The molecule has 21 heavy (non-hydrogen) atoms. The Balaban J connectivity index is 2.20. The average molecular weight is 421 g/mol. The number of nitrogens with zero attached hydrogens (tertiary/aromatic N) is 3. The Labute approximate surface area is 142 Å². The Morgan fingerprint density at radius 3 is 2.90 bits per heavy atom. The van der Waals surface area contributed by atoms with Crippen LogP contribution in [0.15, 0.2) is 18.2 Å². The summed E-state index contributed by atoms with van der Waals surface area (Å²) in [6.07, 6.45) is 0.717. The normalized spacial score (nSPS) is 10.9. The van der Waals surface area contributed by atoms with Crippen LogP contribution < -0.4 is 5.32 Å². The van der Waals surface area contributed by atoms with Crippen molar-refractivity contribution in [1.29, 1.82) is 0 Å². The van der Waals surface area contributed by atoms with Crippen LogP contribution in [0.5, 0.6) is 0 Å². The lowest BCUT2D eigenvalue weighted by Crippen LogP contribution is -2.36. The molecule has 0 atom stereocenters. The van der Waals surface area contributed by atoms with Crippen molar-refractivity contribution in [3.63, 3.8) is 0 Å². The van der Waals surface area contributed by atoms with Gasteiger partial charge >= 0.3 is 6.03 Å². The molecule has 1 aromatic carbocycles. The van der Waals surface area contributed by atoms with Crippen molar-refractivity contribution in [3.05, 3.63) is 27.6 Å². The third kappa shape index (κ3) is 4.00. The molecular formula is C14H18ClIN4O. The summed E-state index contributed by atoms with van der Waals surface area (Å²) in [6.45, 7) is 1.24. The molecule has 0 spiro atoms. The number of alkyl halides is 1. The van der Waals surface area contributed by atoms with Gasteiger partial charge in [0.25, 0.3) is 0 Å². The Kier molecular flexibility index (Phi) is 5.69. The smallest absolute Gasteiger partial charge is 0.316 e. The molecule has 7 heteroatoms. The molecule has 114 valence electrons. The molecule has 2 rings (SSSR count). The fraction of sp³-hybridized carbons (Fsp3) is 0.429. The highest BCUT2D eigenvalue weighted by molar-refractivity contribution is 14.1. The molecule has 2 aromatic rings. The van der Waals surface area contributed by atoms with E-state index in [1.165, 1.54) is 4.90 Å². The highest BCUT2D eigenvalue weighted by Crippen LogP contribution is 2.19. The van der Waals surface area contributed by atoms with Gasteiger partial charge in [0.2, 0.25) is 0 Å². The van der Waals surface area contributed by atoms with Gasteiger partial charge in [-0.05, 0) is 40.8 Å². The second-order valence-electron chi connectivity index (χ2n) is 4.88. The van der Waals surface area contributed by atoms with Crippen molar-refractivity contribution in [2.75, 3.05) is 26.5 Å². The van der Waals surface area contributed by atoms with E-state index in [9.17, 15) is 4.79 Å². The highest BCUT2D eigenvalue weighted by atomic mass is 127. The fourth-order valence-corrected chi connectivity index (χ4v) is 2.75. The minimum Gasteiger partial charge on any atom is -0.336 e. The van der Waals surface area contributed by atoms with Crippen molar-refractivity contribution in [3.8, 4) is 0 Å². The zero-order valence-corrected chi connectivity index (χ0v) is 15.0. The highest BCUT2D eigenvalue weighted by Gasteiger charge is 2.11. The van der Waals surface area contributed by atoms with Crippen LogP contribution in [-0.2, 0) is 13.0 Å². The zero-order chi connectivity index (χ0) is 15.4. The largest absolute Gasteiger partial charge is 0.336 e. The van der Waals surface area contributed by atoms with Gasteiger partial charge < -0.3 is 14.8 Å². The minimum absolute atomic E-state index is 0.0899. The molecular weight excluding hydrogens is 403 g/mol. The van der Waals surface area contributed by atoms with E-state index in [4.69, 9.17) is 11.6 Å². The Hall–Kier alpha value is -1.02. The van der Waals surface area contributed by atoms with Crippen LogP contribution in [0.3, 0.4) is 0 Å². The third-order valence-corrected chi connectivity index (χ3v) is 3.99. The van der Waals surface area contributed by atoms with Crippen molar-refractivity contribution >= 4 is 51.3 Å². The first-order valence-corrected chi connectivity index (χ1v) is 8.30. The Morgan fingerprint density at radius 1 is 1.48 bits per heavy atom. The molecule has 0 aliphatic carbocycles. The van der Waals surface area contributed by atoms with Gasteiger partial charge in [0.1, 0.15) is 5.82 Å². The van der Waals surface area contributed by atoms with E-state index in [2.05, 4.69) is 55.7 Å². The lowest BCUT2D eigenvalue weighted by atomic mass is 10.3. The fourth-order valence-electron chi connectivity index (χ4n) is 2.11. The molecule has 0 unspecified atom stereocenters. The number of nitrogens with one attached hydrogen (secondary N) is 1. The molecule has 1 aromatic heterocycles. The molecule has 0 fully saturated rings. The summed E-state index contributed by atoms with van der Waals surface area (Å²) < 4.78 is 3.28. The number of amides is 2. The molecule has 0 aliphatic rings. The lowest BCUT2D eigenvalue weighted by molar-refractivity contribution is 0.217. The third-order valence-electron chi connectivity index (χ3n) is 3.13. The summed E-state index contributed by atoms with van der Waals surface area (Å²) in [4.78, 5) is 17.7. The molecule has 2 amide bonds. The number of carbonyl (C=O) groups is 1. The van der Waals surface area contributed by atoms with Gasteiger partial charge in [-0.3, -0.25) is 0 Å². The summed E-state index contributed by atoms with van der Waals surface area (Å²) >= 11 is 8.14. The van der Waals surface area contributed by atoms with Gasteiger partial charge in [0.15, 0.2) is 0 Å². The summed E-state index contributed by atoms with van der Waals surface area (Å²) in [5.74, 6) is 1.49. The molecule has 1 heterocycles. The first-order valence-electron chi connectivity index (χ1n) is 6.68. The van der Waals surface area contributed by atoms with Crippen molar-refractivity contribution in [1.82, 2.24) is 19.8 Å². The van der Waals surface area contributed by atoms with E-state index in [1.807, 2.05) is 0 Å². The summed E-state index contributed by atoms with van der Waals surface area (Å²) in [7, 11) is 3.45. The van der Waals surface area contributed by atoms with E-state index in [0.29, 0.717) is 25.4 Å². The summed E-state index contributed by atoms with van der Waals surface area (Å²) in [5, 5.41) is 2.87. The molecule has 0 radical (unpaired) electrons. The number of hydrogen-bond acceptors (Lipinski definition) is 2. The summed E-state index contributed by atoms with van der Waals surface area (Å²) in [5.41, 5.74) is 2.05. The Bertz CT molecular complexity index is 641. The number of rotatable bonds is 5. The number of aryl methyl sites for hydroxylation is 1. The predicted octanol–water partition coefficient (Wildman–Crippen LogP) is 2.69. The van der Waals surface area contributed by atoms with Gasteiger partial charge in [-0.2, -0.15) is 0 Å². The standard InChI is InChI=1S/C14H18ClIN4O/c1-19(2)14(21)17-7-8-20-12-4-3-10(16)9-11(12)18-13(20)5-6-15/h3-4,9H,5-8H2,1-2H3,(H,17,21). The molecule has 0 saturated carbocycles. The number of fused-ring (bicyclic) bond motifs is 1. The van der Waals surface area contributed by atoms with Gasteiger partial charge in [0.05, 0.1) is 11.0 Å². The lowest BCUT2D eigenvalue weighted by Gasteiger charge is -2.13. The van der Waals surface area contributed by atoms with Crippen LogP contribution in [0, 0.1) is 3.57 Å². The van der Waals surface area contributed by atoms with Gasteiger partial charge in [-0.15, -0.1) is 11.6 Å². The van der Waals surface area contributed by atoms with Crippen molar-refractivity contribution < 1.29 is 4.79 Å². The topological polar surface area (TPSA) is 50.2 Å². The van der Waals surface area contributed by atoms with Crippen molar-refractivity contribution in [2.24, 2.45) is 0 Å². The van der Waals surface area contributed by atoms with Crippen molar-refractivity contribution in [2.45, 2.75) is 13.0 Å². The van der Waals surface area contributed by atoms with Crippen LogP contribution in [0.1, 0.15) is 5.82 Å². The van der Waals surface area contributed by atoms with Crippen LogP contribution in [-0.4, -0.2) is 47.0 Å². The van der Waals surface area contributed by atoms with E-state index < -0.39 is 0 Å². The number of halogens is 2. The van der Waals surface area contributed by atoms with Crippen LogP contribution in [0.2, 0.25) is 0 Å². The maximum Gasteiger partial charge on any atom is 0.316 e. The number of imidazole rings is 1. The number of urea groups is 1. The van der Waals surface area contributed by atoms with Crippen LogP contribution in [0.25, 0.3) is 11.0 Å². The minimum atomic E-state index is -0.0899. The van der Waals surface area contributed by atoms with Gasteiger partial charge in [-0.1, -0.05) is 0 Å². The number of carbonyl (C=O) groups excluding carboxylic acids is 1. The maximum atomic E-state index is 11.6. The first kappa shape index (κ1) is 16.4. The van der Waals surface area contributed by atoms with E-state index in [0.717, 1.165) is 20.4 Å². The number of aromatic nitrogens is 2. The van der Waals surface area contributed by atoms with Gasteiger partial charge in [0, 0.05) is 43.1 Å². The quantitative estimate of drug-likeness (QED) is 0.597. The number of hydrogen-bond donors (Lipinski definition) is 1. The van der Waals surface area contributed by atoms with E-state index in [1.54, 1.807) is 14.1 Å². The second kappa shape index (κ2) is 7.31. The predicted molar refractivity (Wildman–Crippen MR) is 94.0 cm³/mol. The first-order chi connectivity index (χ1) is 10.0. The SMILES string of the molecule is CN(C)C(=O)NCCn1c(CCCl)nc2cc(I)ccc21. The van der Waals surface area contributed by atoms with Crippen LogP contribution >= 0.6 is 34.2 Å². The van der Waals surface area contributed by atoms with Crippen LogP contribution in [0.4, 0.5) is 4.79 Å². The molecule has 0 bridgehead atoms. The van der Waals surface area contributed by atoms with Gasteiger partial charge in [-0.25, -0.2) is 9.78 Å². The zero-order valence-electron chi connectivity index (χ0n) is 12.1. The Morgan fingerprint density at radius 2 is 2.24 bits per heavy atom. The molecule has 0 aliphatic heterocycles.